The first kappa shape index (κ1) is 15.9. The second-order valence-corrected chi connectivity index (χ2v) is 5.75. The normalized spacial score (nSPS) is 17.6. The van der Waals surface area contributed by atoms with E-state index in [-0.39, 0.29) is 10.6 Å². The van der Waals surface area contributed by atoms with Gasteiger partial charge in [-0.3, -0.25) is 15.0 Å². The number of nitro benzene ring substituents is 1. The Labute approximate surface area is 126 Å². The maximum atomic E-state index is 11.2. The van der Waals surface area contributed by atoms with E-state index in [0.717, 1.165) is 56.6 Å². The monoisotopic (exact) mass is 291 g/mol. The predicted octanol–water partition coefficient (Wildman–Crippen LogP) is 3.04. The third-order valence-electron chi connectivity index (χ3n) is 4.24. The van der Waals surface area contributed by atoms with Crippen LogP contribution in [-0.4, -0.2) is 36.0 Å². The van der Waals surface area contributed by atoms with Crippen molar-refractivity contribution < 1.29 is 4.92 Å². The molecule has 2 rings (SSSR count). The molecule has 0 aliphatic carbocycles. The van der Waals surface area contributed by atoms with E-state index >= 15 is 0 Å². The molecular weight excluding hydrogens is 266 g/mol. The van der Waals surface area contributed by atoms with Crippen LogP contribution >= 0.6 is 0 Å². The van der Waals surface area contributed by atoms with Crippen molar-refractivity contribution >= 4 is 5.69 Å². The van der Waals surface area contributed by atoms with Gasteiger partial charge in [-0.2, -0.15) is 0 Å². The molecule has 0 spiro atoms. The van der Waals surface area contributed by atoms with Crippen molar-refractivity contribution in [1.29, 1.82) is 0 Å². The van der Waals surface area contributed by atoms with Crippen LogP contribution in [0.1, 0.15) is 43.4 Å². The van der Waals surface area contributed by atoms with E-state index in [1.54, 1.807) is 13.0 Å². The van der Waals surface area contributed by atoms with Crippen molar-refractivity contribution in [2.75, 3.05) is 26.2 Å². The molecule has 0 radical (unpaired) electrons. The lowest BCUT2D eigenvalue weighted by Crippen LogP contribution is -2.45. The summed E-state index contributed by atoms with van der Waals surface area (Å²) in [6.45, 7) is 8.00. The Morgan fingerprint density at radius 1 is 1.38 bits per heavy atom. The molecule has 1 N–H and O–H groups in total. The highest BCUT2D eigenvalue weighted by Gasteiger charge is 2.23. The highest BCUT2D eigenvalue weighted by Crippen LogP contribution is 2.30. The van der Waals surface area contributed by atoms with E-state index < -0.39 is 0 Å². The maximum Gasteiger partial charge on any atom is 0.272 e. The lowest BCUT2D eigenvalue weighted by Gasteiger charge is -2.35. The summed E-state index contributed by atoms with van der Waals surface area (Å²) in [4.78, 5) is 13.4. The molecule has 1 saturated heterocycles. The van der Waals surface area contributed by atoms with E-state index in [1.165, 1.54) is 0 Å². The Bertz CT molecular complexity index is 484. The predicted molar refractivity (Wildman–Crippen MR) is 84.5 cm³/mol. The molecule has 1 aliphatic heterocycles. The quantitative estimate of drug-likeness (QED) is 0.646. The fourth-order valence-corrected chi connectivity index (χ4v) is 2.98. The minimum atomic E-state index is -0.270. The standard InChI is InChI=1S/C16H25N3O2/c1-3-4-5-15(18-10-8-17-9-11-18)14-7-6-13(2)16(12-14)19(20)21/h6-7,12,15,17H,3-5,8-11H2,1-2H3/t15-/m0/s1. The number of aryl methyl sites for hydroxylation is 1. The van der Waals surface area contributed by atoms with E-state index in [1.807, 2.05) is 6.07 Å². The largest absolute Gasteiger partial charge is 0.314 e. The van der Waals surface area contributed by atoms with Gasteiger partial charge in [0.05, 0.1) is 4.92 Å². The van der Waals surface area contributed by atoms with Crippen LogP contribution in [0, 0.1) is 17.0 Å². The van der Waals surface area contributed by atoms with Gasteiger partial charge in [-0.05, 0) is 18.9 Å². The van der Waals surface area contributed by atoms with Crippen LogP contribution in [-0.2, 0) is 0 Å². The van der Waals surface area contributed by atoms with Crippen LogP contribution in [0.2, 0.25) is 0 Å². The van der Waals surface area contributed by atoms with Gasteiger partial charge in [-0.25, -0.2) is 0 Å². The van der Waals surface area contributed by atoms with Crippen molar-refractivity contribution in [1.82, 2.24) is 10.2 Å². The molecule has 1 aliphatic rings. The van der Waals surface area contributed by atoms with Gasteiger partial charge in [0.1, 0.15) is 0 Å². The second-order valence-electron chi connectivity index (χ2n) is 5.75. The molecule has 116 valence electrons. The number of hydrogen-bond donors (Lipinski definition) is 1. The second kappa shape index (κ2) is 7.52. The van der Waals surface area contributed by atoms with Gasteiger partial charge < -0.3 is 5.32 Å². The molecule has 21 heavy (non-hydrogen) atoms. The Hall–Kier alpha value is -1.46. The Morgan fingerprint density at radius 3 is 2.71 bits per heavy atom. The maximum absolute atomic E-state index is 11.2. The van der Waals surface area contributed by atoms with Crippen LogP contribution in [0.15, 0.2) is 18.2 Å². The first-order valence-electron chi connectivity index (χ1n) is 7.83. The van der Waals surface area contributed by atoms with Gasteiger partial charge in [-0.1, -0.05) is 31.9 Å². The smallest absolute Gasteiger partial charge is 0.272 e. The summed E-state index contributed by atoms with van der Waals surface area (Å²) in [5.74, 6) is 0. The summed E-state index contributed by atoms with van der Waals surface area (Å²) in [5, 5.41) is 14.5. The Kier molecular flexibility index (Phi) is 5.70. The van der Waals surface area contributed by atoms with Gasteiger partial charge in [0.2, 0.25) is 0 Å². The number of rotatable bonds is 6. The van der Waals surface area contributed by atoms with E-state index in [4.69, 9.17) is 0 Å². The summed E-state index contributed by atoms with van der Waals surface area (Å²) >= 11 is 0. The molecule has 0 amide bonds. The zero-order chi connectivity index (χ0) is 15.2. The molecule has 5 heteroatoms. The molecule has 0 aromatic heterocycles. The minimum absolute atomic E-state index is 0.240. The summed E-state index contributed by atoms with van der Waals surface area (Å²) in [5.41, 5.74) is 2.06. The summed E-state index contributed by atoms with van der Waals surface area (Å²) in [7, 11) is 0. The number of benzene rings is 1. The van der Waals surface area contributed by atoms with Crippen LogP contribution in [0.3, 0.4) is 0 Å². The van der Waals surface area contributed by atoms with Crippen LogP contribution in [0.5, 0.6) is 0 Å². The average Bonchev–Trinajstić information content (AvgIpc) is 2.50. The summed E-state index contributed by atoms with van der Waals surface area (Å²) in [6.07, 6.45) is 3.36. The summed E-state index contributed by atoms with van der Waals surface area (Å²) in [6, 6.07) is 6.02. The van der Waals surface area contributed by atoms with Gasteiger partial charge >= 0.3 is 0 Å². The lowest BCUT2D eigenvalue weighted by atomic mass is 9.97. The highest BCUT2D eigenvalue weighted by atomic mass is 16.6. The number of nitrogens with zero attached hydrogens (tertiary/aromatic N) is 2. The average molecular weight is 291 g/mol. The zero-order valence-corrected chi connectivity index (χ0v) is 13.0. The fourth-order valence-electron chi connectivity index (χ4n) is 2.98. The minimum Gasteiger partial charge on any atom is -0.314 e. The number of unbranched alkanes of at least 4 members (excludes halogenated alkanes) is 1. The molecule has 0 saturated carbocycles. The van der Waals surface area contributed by atoms with Crippen molar-refractivity contribution in [2.45, 2.75) is 39.2 Å². The van der Waals surface area contributed by atoms with E-state index in [2.05, 4.69) is 23.2 Å². The number of nitrogens with one attached hydrogen (secondary N) is 1. The van der Waals surface area contributed by atoms with E-state index in [0.29, 0.717) is 6.04 Å². The Balaban J connectivity index is 2.26. The van der Waals surface area contributed by atoms with Gasteiger partial charge in [0, 0.05) is 43.9 Å². The Morgan fingerprint density at radius 2 is 2.10 bits per heavy atom. The first-order valence-corrected chi connectivity index (χ1v) is 7.83. The molecule has 1 atom stereocenters. The fraction of sp³-hybridized carbons (Fsp3) is 0.625. The zero-order valence-electron chi connectivity index (χ0n) is 13.0. The van der Waals surface area contributed by atoms with E-state index in [9.17, 15) is 10.1 Å². The van der Waals surface area contributed by atoms with Crippen LogP contribution in [0.4, 0.5) is 5.69 Å². The molecular formula is C16H25N3O2. The molecule has 1 aromatic carbocycles. The third kappa shape index (κ3) is 4.02. The summed E-state index contributed by atoms with van der Waals surface area (Å²) < 4.78 is 0. The third-order valence-corrected chi connectivity index (χ3v) is 4.24. The number of nitro groups is 1. The van der Waals surface area contributed by atoms with Gasteiger partial charge in [-0.15, -0.1) is 0 Å². The van der Waals surface area contributed by atoms with Crippen molar-refractivity contribution in [2.24, 2.45) is 0 Å². The SMILES string of the molecule is CCCC[C@@H](c1ccc(C)c([N+](=O)[O-])c1)N1CCNCC1. The number of hydrogen-bond acceptors (Lipinski definition) is 4. The molecule has 5 nitrogen and oxygen atoms in total. The van der Waals surface area contributed by atoms with Crippen LogP contribution in [0.25, 0.3) is 0 Å². The number of piperazine rings is 1. The van der Waals surface area contributed by atoms with Crippen molar-refractivity contribution in [3.63, 3.8) is 0 Å². The molecule has 1 heterocycles. The van der Waals surface area contributed by atoms with Gasteiger partial charge in [0.15, 0.2) is 0 Å². The topological polar surface area (TPSA) is 58.4 Å². The molecule has 0 bridgehead atoms. The molecule has 1 fully saturated rings. The molecule has 1 aromatic rings. The molecule has 0 unspecified atom stereocenters. The van der Waals surface area contributed by atoms with Crippen molar-refractivity contribution in [3.05, 3.63) is 39.4 Å². The van der Waals surface area contributed by atoms with Crippen molar-refractivity contribution in [3.8, 4) is 0 Å². The first-order chi connectivity index (χ1) is 10.1. The highest BCUT2D eigenvalue weighted by molar-refractivity contribution is 5.43. The lowest BCUT2D eigenvalue weighted by molar-refractivity contribution is -0.385. The van der Waals surface area contributed by atoms with Gasteiger partial charge in [0.25, 0.3) is 5.69 Å². The van der Waals surface area contributed by atoms with Crippen LogP contribution < -0.4 is 5.32 Å².